The van der Waals surface area contributed by atoms with Crippen molar-refractivity contribution < 1.29 is 0 Å². The van der Waals surface area contributed by atoms with E-state index in [0.29, 0.717) is 10.8 Å². The third kappa shape index (κ3) is 3.40. The van der Waals surface area contributed by atoms with Crippen molar-refractivity contribution in [1.82, 2.24) is 15.0 Å². The minimum absolute atomic E-state index is 0.0175. The van der Waals surface area contributed by atoms with Crippen LogP contribution in [0.5, 0.6) is 0 Å². The van der Waals surface area contributed by atoms with Crippen molar-refractivity contribution in [2.45, 2.75) is 26.2 Å². The predicted octanol–water partition coefficient (Wildman–Crippen LogP) is 5.16. The molecule has 4 heteroatoms. The molecule has 0 saturated heterocycles. The lowest BCUT2D eigenvalue weighted by atomic mass is 9.91. The Morgan fingerprint density at radius 2 is 1.65 bits per heavy atom. The van der Waals surface area contributed by atoms with Crippen LogP contribution in [0.25, 0.3) is 22.6 Å². The third-order valence-electron chi connectivity index (χ3n) is 3.59. The lowest BCUT2D eigenvalue weighted by Gasteiger charge is -2.18. The van der Waals surface area contributed by atoms with Crippen molar-refractivity contribution in [1.29, 1.82) is 0 Å². The first-order valence-corrected chi connectivity index (χ1v) is 7.88. The Morgan fingerprint density at radius 3 is 2.39 bits per heavy atom. The summed E-state index contributed by atoms with van der Waals surface area (Å²) in [6.07, 6.45) is 3.57. The molecule has 0 aliphatic rings. The van der Waals surface area contributed by atoms with Gasteiger partial charge in [-0.2, -0.15) is 0 Å². The van der Waals surface area contributed by atoms with Crippen LogP contribution in [0, 0.1) is 0 Å². The first-order valence-electron chi connectivity index (χ1n) is 7.50. The zero-order chi connectivity index (χ0) is 16.4. The largest absolute Gasteiger partial charge is 0.261 e. The van der Waals surface area contributed by atoms with Crippen LogP contribution in [0.15, 0.2) is 54.9 Å². The lowest BCUT2D eigenvalue weighted by molar-refractivity contribution is 0.569. The fourth-order valence-corrected chi connectivity index (χ4v) is 2.53. The first-order chi connectivity index (χ1) is 10.9. The smallest absolute Gasteiger partial charge is 0.159 e. The highest BCUT2D eigenvalue weighted by molar-refractivity contribution is 6.33. The average molecular weight is 324 g/mol. The van der Waals surface area contributed by atoms with Crippen LogP contribution < -0.4 is 0 Å². The molecule has 0 saturated carbocycles. The van der Waals surface area contributed by atoms with Gasteiger partial charge >= 0.3 is 0 Å². The average Bonchev–Trinajstić information content (AvgIpc) is 2.55. The van der Waals surface area contributed by atoms with E-state index in [-0.39, 0.29) is 5.41 Å². The van der Waals surface area contributed by atoms with Gasteiger partial charge in [-0.3, -0.25) is 4.98 Å². The fourth-order valence-electron chi connectivity index (χ4n) is 2.30. The van der Waals surface area contributed by atoms with Crippen LogP contribution in [0.1, 0.15) is 26.5 Å². The van der Waals surface area contributed by atoms with Crippen LogP contribution in [0.3, 0.4) is 0 Å². The van der Waals surface area contributed by atoms with Crippen LogP contribution in [-0.2, 0) is 5.41 Å². The summed E-state index contributed by atoms with van der Waals surface area (Å²) in [6.45, 7) is 6.42. The molecule has 0 bridgehead atoms. The molecule has 1 aromatic carbocycles. The quantitative estimate of drug-likeness (QED) is 0.654. The van der Waals surface area contributed by atoms with Crippen molar-refractivity contribution in [2.75, 3.05) is 0 Å². The summed E-state index contributed by atoms with van der Waals surface area (Å²) >= 11 is 6.27. The molecule has 0 atom stereocenters. The molecule has 23 heavy (non-hydrogen) atoms. The van der Waals surface area contributed by atoms with E-state index in [1.165, 1.54) is 0 Å². The molecule has 0 amide bonds. The molecule has 0 aliphatic carbocycles. The highest BCUT2D eigenvalue weighted by Gasteiger charge is 2.16. The topological polar surface area (TPSA) is 38.7 Å². The number of nitrogens with zero attached hydrogens (tertiary/aromatic N) is 3. The monoisotopic (exact) mass is 323 g/mol. The van der Waals surface area contributed by atoms with Crippen molar-refractivity contribution in [2.24, 2.45) is 0 Å². The second-order valence-electron chi connectivity index (χ2n) is 6.43. The zero-order valence-electron chi connectivity index (χ0n) is 13.4. The van der Waals surface area contributed by atoms with Gasteiger partial charge in [-0.1, -0.05) is 50.6 Å². The van der Waals surface area contributed by atoms with Crippen LogP contribution in [0.4, 0.5) is 0 Å². The highest BCUT2D eigenvalue weighted by Crippen LogP contribution is 2.28. The fraction of sp³-hybridized carbons (Fsp3) is 0.211. The molecule has 0 unspecified atom stereocenters. The molecule has 0 aliphatic heterocycles. The molecule has 2 heterocycles. The summed E-state index contributed by atoms with van der Waals surface area (Å²) in [4.78, 5) is 13.5. The Morgan fingerprint density at radius 1 is 0.913 bits per heavy atom. The highest BCUT2D eigenvalue weighted by atomic mass is 35.5. The molecular weight excluding hydrogens is 306 g/mol. The van der Waals surface area contributed by atoms with Gasteiger partial charge in [0.1, 0.15) is 0 Å². The Hall–Kier alpha value is -2.26. The van der Waals surface area contributed by atoms with Crippen LogP contribution >= 0.6 is 11.6 Å². The Labute approximate surface area is 141 Å². The van der Waals surface area contributed by atoms with E-state index < -0.39 is 0 Å². The van der Waals surface area contributed by atoms with Gasteiger partial charge in [-0.25, -0.2) is 9.97 Å². The minimum atomic E-state index is -0.0175. The lowest BCUT2D eigenvalue weighted by Crippen LogP contribution is -2.13. The summed E-state index contributed by atoms with van der Waals surface area (Å²) in [7, 11) is 0. The molecule has 0 spiro atoms. The SMILES string of the molecule is CC(C)(C)c1cc(-c2nccc(-c3ccccc3Cl)n2)ccn1. The summed E-state index contributed by atoms with van der Waals surface area (Å²) in [5.74, 6) is 0.676. The number of pyridine rings is 1. The normalized spacial score (nSPS) is 11.5. The van der Waals surface area contributed by atoms with Crippen molar-refractivity contribution in [3.63, 3.8) is 0 Å². The van der Waals surface area contributed by atoms with E-state index in [9.17, 15) is 0 Å². The Kier molecular flexibility index (Phi) is 4.14. The number of hydrogen-bond donors (Lipinski definition) is 0. The van der Waals surface area contributed by atoms with Gasteiger partial charge < -0.3 is 0 Å². The molecule has 2 aromatic heterocycles. The zero-order valence-corrected chi connectivity index (χ0v) is 14.2. The minimum Gasteiger partial charge on any atom is -0.261 e. The molecule has 116 valence electrons. The van der Waals surface area contributed by atoms with Crippen LogP contribution in [0.2, 0.25) is 5.02 Å². The predicted molar refractivity (Wildman–Crippen MR) is 94.4 cm³/mol. The second kappa shape index (κ2) is 6.09. The van der Waals surface area contributed by atoms with E-state index in [1.807, 2.05) is 42.5 Å². The third-order valence-corrected chi connectivity index (χ3v) is 3.92. The molecule has 3 aromatic rings. The van der Waals surface area contributed by atoms with Gasteiger partial charge in [0.05, 0.1) is 5.69 Å². The van der Waals surface area contributed by atoms with E-state index in [2.05, 4.69) is 35.7 Å². The molecule has 0 N–H and O–H groups in total. The van der Waals surface area contributed by atoms with Gasteiger partial charge in [-0.15, -0.1) is 0 Å². The van der Waals surface area contributed by atoms with Gasteiger partial charge in [0, 0.05) is 39.7 Å². The van der Waals surface area contributed by atoms with Crippen LogP contribution in [-0.4, -0.2) is 15.0 Å². The van der Waals surface area contributed by atoms with Gasteiger partial charge in [0.15, 0.2) is 5.82 Å². The summed E-state index contributed by atoms with van der Waals surface area (Å²) < 4.78 is 0. The maximum absolute atomic E-state index is 6.27. The Balaban J connectivity index is 2.06. The van der Waals surface area contributed by atoms with Crippen molar-refractivity contribution >= 4 is 11.6 Å². The Bertz CT molecular complexity index is 838. The standard InChI is InChI=1S/C19H18ClN3/c1-19(2,3)17-12-13(8-10-21-17)18-22-11-9-16(23-18)14-6-4-5-7-15(14)20/h4-12H,1-3H3. The van der Waals surface area contributed by atoms with E-state index >= 15 is 0 Å². The number of rotatable bonds is 2. The summed E-state index contributed by atoms with van der Waals surface area (Å²) in [6, 6.07) is 13.5. The molecular formula is C19H18ClN3. The van der Waals surface area contributed by atoms with E-state index in [4.69, 9.17) is 11.6 Å². The second-order valence-corrected chi connectivity index (χ2v) is 6.83. The number of benzene rings is 1. The van der Waals surface area contributed by atoms with Gasteiger partial charge in [0.25, 0.3) is 0 Å². The maximum Gasteiger partial charge on any atom is 0.159 e. The number of halogens is 1. The van der Waals surface area contributed by atoms with Gasteiger partial charge in [-0.05, 0) is 24.3 Å². The number of aromatic nitrogens is 3. The molecule has 0 radical (unpaired) electrons. The number of hydrogen-bond acceptors (Lipinski definition) is 3. The van der Waals surface area contributed by atoms with E-state index in [0.717, 1.165) is 22.5 Å². The van der Waals surface area contributed by atoms with E-state index in [1.54, 1.807) is 12.4 Å². The van der Waals surface area contributed by atoms with Gasteiger partial charge in [0.2, 0.25) is 0 Å². The maximum atomic E-state index is 6.27. The first kappa shape index (κ1) is 15.6. The summed E-state index contributed by atoms with van der Waals surface area (Å²) in [5, 5.41) is 0.683. The molecule has 3 rings (SSSR count). The molecule has 3 nitrogen and oxygen atoms in total. The molecule has 0 fully saturated rings. The summed E-state index contributed by atoms with van der Waals surface area (Å²) in [5.41, 5.74) is 3.68. The van der Waals surface area contributed by atoms with Crippen molar-refractivity contribution in [3.8, 4) is 22.6 Å². The van der Waals surface area contributed by atoms with Crippen molar-refractivity contribution in [3.05, 3.63) is 65.6 Å².